The van der Waals surface area contributed by atoms with Crippen molar-refractivity contribution in [1.82, 2.24) is 10.2 Å². The Morgan fingerprint density at radius 2 is 2.26 bits per heavy atom. The van der Waals surface area contributed by atoms with Crippen molar-refractivity contribution < 1.29 is 9.53 Å². The highest BCUT2D eigenvalue weighted by atomic mass is 16.5. The summed E-state index contributed by atoms with van der Waals surface area (Å²) in [6.07, 6.45) is 5.88. The fourth-order valence-corrected chi connectivity index (χ4v) is 2.23. The second-order valence-corrected chi connectivity index (χ2v) is 4.81. The number of hydrogen-bond donors (Lipinski definition) is 1. The van der Waals surface area contributed by atoms with Crippen molar-refractivity contribution in [3.05, 3.63) is 30.0 Å². The van der Waals surface area contributed by atoms with Crippen LogP contribution < -0.4 is 0 Å². The number of fused-ring (bicyclic) bond motifs is 1. The Hall–Kier alpha value is -1.84. The lowest BCUT2D eigenvalue weighted by molar-refractivity contribution is -0.147. The number of aromatic nitrogens is 2. The van der Waals surface area contributed by atoms with Gasteiger partial charge in [-0.1, -0.05) is 31.9 Å². The number of hydrogen-bond acceptors (Lipinski definition) is 3. The standard InChI is InChI=1S/C15H20N2O2/c1-3-4-5-6-15(19-11(2)18)12-7-8-13-10-16-17-14(13)9-12/h7-10,15H,3-6H2,1-2H3,(H,16,17). The summed E-state index contributed by atoms with van der Waals surface area (Å²) in [5, 5.41) is 8.02. The largest absolute Gasteiger partial charge is 0.458 e. The zero-order chi connectivity index (χ0) is 13.7. The van der Waals surface area contributed by atoms with E-state index in [0.717, 1.165) is 42.1 Å². The van der Waals surface area contributed by atoms with Gasteiger partial charge in [-0.15, -0.1) is 0 Å². The van der Waals surface area contributed by atoms with E-state index in [0.29, 0.717) is 0 Å². The van der Waals surface area contributed by atoms with Crippen molar-refractivity contribution in [2.24, 2.45) is 0 Å². The van der Waals surface area contributed by atoms with Crippen LogP contribution in [0.25, 0.3) is 10.9 Å². The molecule has 1 unspecified atom stereocenters. The number of H-pyrrole nitrogens is 1. The molecule has 2 rings (SSSR count). The van der Waals surface area contributed by atoms with Gasteiger partial charge in [-0.05, 0) is 24.5 Å². The van der Waals surface area contributed by atoms with E-state index in [1.54, 1.807) is 6.20 Å². The molecule has 0 saturated carbocycles. The molecule has 1 aromatic heterocycles. The maximum absolute atomic E-state index is 11.2. The SMILES string of the molecule is CCCCCC(OC(C)=O)c1ccc2cn[nH]c2c1. The topological polar surface area (TPSA) is 55.0 Å². The summed E-state index contributed by atoms with van der Waals surface area (Å²) in [5.74, 6) is -0.230. The normalized spacial score (nSPS) is 12.5. The lowest BCUT2D eigenvalue weighted by Gasteiger charge is -2.17. The minimum atomic E-state index is -0.230. The Morgan fingerprint density at radius 3 is 3.00 bits per heavy atom. The first kappa shape index (κ1) is 13.6. The van der Waals surface area contributed by atoms with Gasteiger partial charge in [-0.3, -0.25) is 9.89 Å². The summed E-state index contributed by atoms with van der Waals surface area (Å²) in [5.41, 5.74) is 2.01. The van der Waals surface area contributed by atoms with Gasteiger partial charge >= 0.3 is 5.97 Å². The Balaban J connectivity index is 2.17. The van der Waals surface area contributed by atoms with E-state index in [1.165, 1.54) is 6.92 Å². The van der Waals surface area contributed by atoms with E-state index >= 15 is 0 Å². The Bertz CT molecular complexity index is 548. The monoisotopic (exact) mass is 260 g/mol. The van der Waals surface area contributed by atoms with Crippen LogP contribution in [0, 0.1) is 0 Å². The molecule has 1 heterocycles. The van der Waals surface area contributed by atoms with Crippen molar-refractivity contribution in [3.8, 4) is 0 Å². The van der Waals surface area contributed by atoms with Crippen LogP contribution in [0.4, 0.5) is 0 Å². The molecule has 1 N–H and O–H groups in total. The summed E-state index contributed by atoms with van der Waals surface area (Å²) in [7, 11) is 0. The van der Waals surface area contributed by atoms with Gasteiger partial charge in [0.1, 0.15) is 6.10 Å². The molecule has 0 spiro atoms. The zero-order valence-electron chi connectivity index (χ0n) is 11.5. The molecule has 4 nitrogen and oxygen atoms in total. The average Bonchev–Trinajstić information content (AvgIpc) is 2.84. The van der Waals surface area contributed by atoms with E-state index < -0.39 is 0 Å². The number of nitrogens with one attached hydrogen (secondary N) is 1. The quantitative estimate of drug-likeness (QED) is 0.635. The summed E-state index contributed by atoms with van der Waals surface area (Å²) in [4.78, 5) is 11.2. The third kappa shape index (κ3) is 3.56. The van der Waals surface area contributed by atoms with Crippen LogP contribution in [-0.2, 0) is 9.53 Å². The first-order valence-corrected chi connectivity index (χ1v) is 6.81. The van der Waals surface area contributed by atoms with Gasteiger partial charge in [0.15, 0.2) is 0 Å². The highest BCUT2D eigenvalue weighted by Gasteiger charge is 2.15. The summed E-state index contributed by atoms with van der Waals surface area (Å²) in [6, 6.07) is 6.03. The van der Waals surface area contributed by atoms with E-state index in [9.17, 15) is 4.79 Å². The van der Waals surface area contributed by atoms with E-state index in [1.807, 2.05) is 18.2 Å². The Morgan fingerprint density at radius 1 is 1.42 bits per heavy atom. The lowest BCUT2D eigenvalue weighted by atomic mass is 10.0. The minimum absolute atomic E-state index is 0.156. The predicted octanol–water partition coefficient (Wildman–Crippen LogP) is 3.75. The Kier molecular flexibility index (Phi) is 4.55. The molecule has 0 aliphatic carbocycles. The molecule has 0 aliphatic rings. The van der Waals surface area contributed by atoms with Gasteiger partial charge in [0.2, 0.25) is 0 Å². The first-order valence-electron chi connectivity index (χ1n) is 6.81. The van der Waals surface area contributed by atoms with Crippen molar-refractivity contribution in [1.29, 1.82) is 0 Å². The number of esters is 1. The van der Waals surface area contributed by atoms with Crippen LogP contribution >= 0.6 is 0 Å². The maximum atomic E-state index is 11.2. The summed E-state index contributed by atoms with van der Waals surface area (Å²) in [6.45, 7) is 3.62. The van der Waals surface area contributed by atoms with Crippen LogP contribution in [0.15, 0.2) is 24.4 Å². The van der Waals surface area contributed by atoms with E-state index in [4.69, 9.17) is 4.74 Å². The number of benzene rings is 1. The van der Waals surface area contributed by atoms with Crippen molar-refractivity contribution in [2.45, 2.75) is 45.6 Å². The molecule has 19 heavy (non-hydrogen) atoms. The van der Waals surface area contributed by atoms with E-state index in [-0.39, 0.29) is 12.1 Å². The first-order chi connectivity index (χ1) is 9.20. The number of aromatic amines is 1. The number of unbranched alkanes of at least 4 members (excludes halogenated alkanes) is 2. The van der Waals surface area contributed by atoms with Crippen LogP contribution in [0.3, 0.4) is 0 Å². The molecule has 0 saturated heterocycles. The predicted molar refractivity (Wildman–Crippen MR) is 74.7 cm³/mol. The highest BCUT2D eigenvalue weighted by molar-refractivity contribution is 5.78. The fraction of sp³-hybridized carbons (Fsp3) is 0.467. The average molecular weight is 260 g/mol. The molecule has 102 valence electrons. The summed E-state index contributed by atoms with van der Waals surface area (Å²) < 4.78 is 5.44. The number of nitrogens with zero attached hydrogens (tertiary/aromatic N) is 1. The summed E-state index contributed by atoms with van der Waals surface area (Å²) >= 11 is 0. The number of ether oxygens (including phenoxy) is 1. The molecule has 2 aromatic rings. The van der Waals surface area contributed by atoms with Gasteiger partial charge in [0.05, 0.1) is 11.7 Å². The lowest BCUT2D eigenvalue weighted by Crippen LogP contribution is -2.08. The molecule has 1 aromatic carbocycles. The van der Waals surface area contributed by atoms with Crippen LogP contribution in [0.5, 0.6) is 0 Å². The van der Waals surface area contributed by atoms with Gasteiger partial charge < -0.3 is 4.74 Å². The third-order valence-electron chi connectivity index (χ3n) is 3.22. The van der Waals surface area contributed by atoms with Crippen LogP contribution in [0.1, 0.15) is 51.2 Å². The van der Waals surface area contributed by atoms with Crippen LogP contribution in [0.2, 0.25) is 0 Å². The van der Waals surface area contributed by atoms with Gasteiger partial charge in [0, 0.05) is 12.3 Å². The molecular weight excluding hydrogens is 240 g/mol. The molecule has 0 fully saturated rings. The van der Waals surface area contributed by atoms with Crippen molar-refractivity contribution >= 4 is 16.9 Å². The van der Waals surface area contributed by atoms with Crippen LogP contribution in [-0.4, -0.2) is 16.2 Å². The molecule has 0 radical (unpaired) electrons. The molecule has 0 bridgehead atoms. The van der Waals surface area contributed by atoms with Crippen molar-refractivity contribution in [3.63, 3.8) is 0 Å². The zero-order valence-corrected chi connectivity index (χ0v) is 11.5. The maximum Gasteiger partial charge on any atom is 0.303 e. The molecule has 4 heteroatoms. The third-order valence-corrected chi connectivity index (χ3v) is 3.22. The Labute approximate surface area is 113 Å². The molecular formula is C15H20N2O2. The number of carbonyl (C=O) groups is 1. The molecule has 0 amide bonds. The smallest absolute Gasteiger partial charge is 0.303 e. The fourth-order valence-electron chi connectivity index (χ4n) is 2.23. The molecule has 1 atom stereocenters. The van der Waals surface area contributed by atoms with E-state index in [2.05, 4.69) is 17.1 Å². The number of rotatable bonds is 6. The minimum Gasteiger partial charge on any atom is -0.458 e. The van der Waals surface area contributed by atoms with Crippen molar-refractivity contribution in [2.75, 3.05) is 0 Å². The number of carbonyl (C=O) groups excluding carboxylic acids is 1. The van der Waals surface area contributed by atoms with Gasteiger partial charge in [-0.25, -0.2) is 0 Å². The van der Waals surface area contributed by atoms with Gasteiger partial charge in [0.25, 0.3) is 0 Å². The second kappa shape index (κ2) is 6.36. The molecule has 0 aliphatic heterocycles. The van der Waals surface area contributed by atoms with Gasteiger partial charge in [-0.2, -0.15) is 5.10 Å². The second-order valence-electron chi connectivity index (χ2n) is 4.81. The highest BCUT2D eigenvalue weighted by Crippen LogP contribution is 2.26.